The summed E-state index contributed by atoms with van der Waals surface area (Å²) in [5, 5.41) is 9.67. The highest BCUT2D eigenvalue weighted by molar-refractivity contribution is 5.88. The van der Waals surface area contributed by atoms with Gasteiger partial charge in [0, 0.05) is 19.6 Å². The first-order valence-corrected chi connectivity index (χ1v) is 9.11. The Labute approximate surface area is 163 Å². The lowest BCUT2D eigenvalue weighted by Crippen LogP contribution is -2.56. The number of carboxylic acids is 1. The van der Waals surface area contributed by atoms with Crippen LogP contribution in [-0.4, -0.2) is 54.5 Å². The van der Waals surface area contributed by atoms with Crippen LogP contribution in [0.15, 0.2) is 60.7 Å². The molecule has 6 nitrogen and oxygen atoms in total. The Bertz CT molecular complexity index is 908. The number of fused-ring (bicyclic) bond motifs is 3. The average Bonchev–Trinajstić information content (AvgIpc) is 3.27. The maximum Gasteiger partial charge on any atom is 0.411 e. The van der Waals surface area contributed by atoms with Gasteiger partial charge < -0.3 is 14.6 Å². The van der Waals surface area contributed by atoms with Crippen LogP contribution < -0.4 is 0 Å². The van der Waals surface area contributed by atoms with Crippen molar-refractivity contribution in [3.63, 3.8) is 0 Å². The summed E-state index contributed by atoms with van der Waals surface area (Å²) >= 11 is 0. The van der Waals surface area contributed by atoms with Crippen molar-refractivity contribution in [2.45, 2.75) is 11.5 Å². The first-order valence-electron chi connectivity index (χ1n) is 9.11. The Kier molecular flexibility index (Phi) is 4.65. The van der Waals surface area contributed by atoms with Gasteiger partial charge in [-0.1, -0.05) is 54.6 Å². The molecule has 0 saturated heterocycles. The summed E-state index contributed by atoms with van der Waals surface area (Å²) in [6.07, 6.45) is 2.47. The van der Waals surface area contributed by atoms with E-state index < -0.39 is 17.6 Å². The molecule has 0 radical (unpaired) electrons. The molecule has 1 atom stereocenters. The number of carbonyl (C=O) groups excluding carboxylic acids is 1. The summed E-state index contributed by atoms with van der Waals surface area (Å²) in [6, 6.07) is 16.1. The van der Waals surface area contributed by atoms with E-state index in [0.717, 1.165) is 22.3 Å². The quantitative estimate of drug-likeness (QED) is 0.807. The molecule has 1 aliphatic heterocycles. The first kappa shape index (κ1) is 18.3. The van der Waals surface area contributed by atoms with Gasteiger partial charge in [0.2, 0.25) is 0 Å². The number of benzene rings is 2. The third-order valence-corrected chi connectivity index (χ3v) is 5.45. The molecule has 0 bridgehead atoms. The Morgan fingerprint density at radius 3 is 2.29 bits per heavy atom. The molecule has 1 N–H and O–H groups in total. The number of carboxylic acid groups (broad SMARTS) is 1. The summed E-state index contributed by atoms with van der Waals surface area (Å²) in [6.45, 7) is 0.182. The minimum absolute atomic E-state index is 0.0754. The smallest absolute Gasteiger partial charge is 0.411 e. The number of aliphatic carboxylic acids is 1. The lowest BCUT2D eigenvalue weighted by Gasteiger charge is -2.33. The van der Waals surface area contributed by atoms with E-state index in [0.29, 0.717) is 0 Å². The van der Waals surface area contributed by atoms with E-state index in [1.54, 1.807) is 6.08 Å². The maximum absolute atomic E-state index is 12.8. The van der Waals surface area contributed by atoms with Crippen molar-refractivity contribution in [3.05, 3.63) is 71.8 Å². The second kappa shape index (κ2) is 7.13. The Hall–Kier alpha value is -3.12. The van der Waals surface area contributed by atoms with E-state index in [4.69, 9.17) is 9.47 Å². The van der Waals surface area contributed by atoms with Crippen molar-refractivity contribution in [2.24, 2.45) is 0 Å². The molecule has 28 heavy (non-hydrogen) atoms. The standard InChI is InChI=1S/C22H21NO5/c1-27-14-22(20(24)25)11-6-12-23(22)21(26)28-13-19-17-9-4-2-7-15(17)16-8-3-5-10-18(16)19/h2-11,19H,12-14H2,1H3,(H,24,25). The molecule has 1 heterocycles. The minimum Gasteiger partial charge on any atom is -0.479 e. The van der Waals surface area contributed by atoms with E-state index >= 15 is 0 Å². The fraction of sp³-hybridized carbons (Fsp3) is 0.273. The zero-order chi connectivity index (χ0) is 19.7. The Morgan fingerprint density at radius 2 is 1.71 bits per heavy atom. The predicted molar refractivity (Wildman–Crippen MR) is 103 cm³/mol. The molecule has 0 saturated carbocycles. The number of nitrogens with zero attached hydrogens (tertiary/aromatic N) is 1. The van der Waals surface area contributed by atoms with E-state index in [9.17, 15) is 14.7 Å². The molecule has 2 aromatic carbocycles. The van der Waals surface area contributed by atoms with Gasteiger partial charge in [0.05, 0.1) is 6.61 Å². The second-order valence-electron chi connectivity index (χ2n) is 6.98. The average molecular weight is 379 g/mol. The van der Waals surface area contributed by atoms with Gasteiger partial charge in [-0.15, -0.1) is 0 Å². The van der Waals surface area contributed by atoms with Gasteiger partial charge >= 0.3 is 12.1 Å². The monoisotopic (exact) mass is 379 g/mol. The van der Waals surface area contributed by atoms with Gasteiger partial charge in [-0.05, 0) is 28.3 Å². The van der Waals surface area contributed by atoms with Crippen LogP contribution in [0.5, 0.6) is 0 Å². The van der Waals surface area contributed by atoms with E-state index in [1.807, 2.05) is 36.4 Å². The highest BCUT2D eigenvalue weighted by atomic mass is 16.6. The maximum atomic E-state index is 12.8. The summed E-state index contributed by atoms with van der Waals surface area (Å²) in [5.41, 5.74) is 2.97. The van der Waals surface area contributed by atoms with Crippen LogP contribution in [0.25, 0.3) is 11.1 Å². The van der Waals surface area contributed by atoms with Gasteiger partial charge in [-0.25, -0.2) is 9.59 Å². The van der Waals surface area contributed by atoms with Crippen molar-refractivity contribution in [1.29, 1.82) is 0 Å². The lowest BCUT2D eigenvalue weighted by molar-refractivity contribution is -0.149. The van der Waals surface area contributed by atoms with Crippen LogP contribution in [0.4, 0.5) is 4.79 Å². The number of rotatable bonds is 5. The Morgan fingerprint density at radius 1 is 1.11 bits per heavy atom. The molecule has 1 unspecified atom stereocenters. The zero-order valence-electron chi connectivity index (χ0n) is 15.5. The number of ether oxygens (including phenoxy) is 2. The van der Waals surface area contributed by atoms with E-state index in [1.165, 1.54) is 18.1 Å². The third kappa shape index (κ3) is 2.77. The largest absolute Gasteiger partial charge is 0.479 e. The topological polar surface area (TPSA) is 76.1 Å². The summed E-state index contributed by atoms with van der Waals surface area (Å²) < 4.78 is 10.7. The van der Waals surface area contributed by atoms with Crippen LogP contribution in [0.2, 0.25) is 0 Å². The van der Waals surface area contributed by atoms with Crippen LogP contribution in [0.3, 0.4) is 0 Å². The van der Waals surface area contributed by atoms with E-state index in [-0.39, 0.29) is 25.7 Å². The van der Waals surface area contributed by atoms with Gasteiger partial charge in [-0.2, -0.15) is 0 Å². The zero-order valence-corrected chi connectivity index (χ0v) is 15.5. The summed E-state index contributed by atoms with van der Waals surface area (Å²) in [4.78, 5) is 25.8. The Balaban J connectivity index is 1.55. The molecule has 6 heteroatoms. The van der Waals surface area contributed by atoms with Crippen LogP contribution >= 0.6 is 0 Å². The lowest BCUT2D eigenvalue weighted by atomic mass is 9.98. The van der Waals surface area contributed by atoms with Crippen molar-refractivity contribution in [2.75, 3.05) is 26.9 Å². The molecule has 2 aromatic rings. The molecule has 0 fully saturated rings. The van der Waals surface area contributed by atoms with Gasteiger partial charge in [0.25, 0.3) is 0 Å². The van der Waals surface area contributed by atoms with Crippen molar-refractivity contribution < 1.29 is 24.2 Å². The third-order valence-electron chi connectivity index (χ3n) is 5.45. The molecule has 4 rings (SSSR count). The van der Waals surface area contributed by atoms with Crippen molar-refractivity contribution in [1.82, 2.24) is 4.90 Å². The van der Waals surface area contributed by atoms with Gasteiger partial charge in [0.15, 0.2) is 5.54 Å². The van der Waals surface area contributed by atoms with Crippen LogP contribution in [-0.2, 0) is 14.3 Å². The number of hydrogen-bond acceptors (Lipinski definition) is 4. The SMILES string of the molecule is COCC1(C(=O)O)C=CCN1C(=O)OCC1c2ccccc2-c2ccccc21. The van der Waals surface area contributed by atoms with Gasteiger partial charge in [0.1, 0.15) is 6.61 Å². The highest BCUT2D eigenvalue weighted by Gasteiger charge is 2.48. The first-order chi connectivity index (χ1) is 13.6. The normalized spacial score (nSPS) is 20.1. The second-order valence-corrected chi connectivity index (χ2v) is 6.98. The van der Waals surface area contributed by atoms with Crippen LogP contribution in [0.1, 0.15) is 17.0 Å². The molecule has 0 aromatic heterocycles. The number of methoxy groups -OCH3 is 1. The molecule has 1 aliphatic carbocycles. The molecular formula is C22H21NO5. The summed E-state index contributed by atoms with van der Waals surface area (Å²) in [7, 11) is 1.41. The number of hydrogen-bond donors (Lipinski definition) is 1. The molecule has 144 valence electrons. The minimum atomic E-state index is -1.53. The van der Waals surface area contributed by atoms with Gasteiger partial charge in [-0.3, -0.25) is 4.90 Å². The fourth-order valence-corrected chi connectivity index (χ4v) is 4.11. The highest BCUT2D eigenvalue weighted by Crippen LogP contribution is 2.44. The van der Waals surface area contributed by atoms with Crippen molar-refractivity contribution in [3.8, 4) is 11.1 Å². The molecule has 0 spiro atoms. The van der Waals surface area contributed by atoms with Crippen LogP contribution in [0, 0.1) is 0 Å². The molecule has 2 aliphatic rings. The molecular weight excluding hydrogens is 358 g/mol. The van der Waals surface area contributed by atoms with E-state index in [2.05, 4.69) is 12.1 Å². The van der Waals surface area contributed by atoms with Crippen molar-refractivity contribution >= 4 is 12.1 Å². The number of carbonyl (C=O) groups is 2. The predicted octanol–water partition coefficient (Wildman–Crippen LogP) is 3.28. The summed E-state index contributed by atoms with van der Waals surface area (Å²) in [5.74, 6) is -1.22. The number of amides is 1. The fourth-order valence-electron chi connectivity index (χ4n) is 4.11. The molecule has 1 amide bonds.